The van der Waals surface area contributed by atoms with Gasteiger partial charge in [0.05, 0.1) is 0 Å². The average molecular weight is 579 g/mol. The zero-order valence-electron chi connectivity index (χ0n) is 18.1. The predicted molar refractivity (Wildman–Crippen MR) is 116 cm³/mol. The molecule has 3 aromatic rings. The second-order valence-electron chi connectivity index (χ2n) is 8.01. The number of imidazole rings is 1. The van der Waals surface area contributed by atoms with Crippen LogP contribution in [0.15, 0.2) is 24.3 Å². The number of benzene rings is 2. The van der Waals surface area contributed by atoms with Crippen molar-refractivity contribution in [3.8, 4) is 5.69 Å². The Labute approximate surface area is 181 Å². The Morgan fingerprint density at radius 1 is 0.714 bits per heavy atom. The number of aryl methyl sites for hydroxylation is 6. The third-order valence-electron chi connectivity index (χ3n) is 5.70. The van der Waals surface area contributed by atoms with E-state index in [0.29, 0.717) is 0 Å². The Balaban J connectivity index is 2.27. The summed E-state index contributed by atoms with van der Waals surface area (Å²) in [5.74, 6) is 0. The van der Waals surface area contributed by atoms with Crippen LogP contribution in [0.4, 0.5) is 0 Å². The molecule has 0 atom stereocenters. The van der Waals surface area contributed by atoms with Gasteiger partial charge in [-0.15, -0.1) is 0 Å². The van der Waals surface area contributed by atoms with Gasteiger partial charge in [0.1, 0.15) is 0 Å². The van der Waals surface area contributed by atoms with Gasteiger partial charge < -0.3 is 0 Å². The van der Waals surface area contributed by atoms with E-state index in [2.05, 4.69) is 88.8 Å². The van der Waals surface area contributed by atoms with Gasteiger partial charge in [-0.2, -0.15) is 0 Å². The van der Waals surface area contributed by atoms with E-state index in [1.54, 1.807) is 0 Å². The van der Waals surface area contributed by atoms with Crippen LogP contribution in [0.1, 0.15) is 50.3 Å². The Kier molecular flexibility index (Phi) is 6.26. The molecule has 0 saturated heterocycles. The predicted octanol–water partition coefficient (Wildman–Crippen LogP) is 6.56. The van der Waals surface area contributed by atoms with Crippen molar-refractivity contribution in [1.29, 1.82) is 0 Å². The summed E-state index contributed by atoms with van der Waals surface area (Å²) in [5.41, 5.74) is 13.2. The number of rotatable bonds is 3. The van der Waals surface area contributed by atoms with Crippen molar-refractivity contribution in [2.45, 2.75) is 61.9 Å². The molecule has 0 amide bonds. The van der Waals surface area contributed by atoms with Crippen molar-refractivity contribution < 1.29 is 18.2 Å². The molecular formula is C24H30AuClN2-2. The van der Waals surface area contributed by atoms with Gasteiger partial charge in [0.25, 0.3) is 0 Å². The fourth-order valence-corrected chi connectivity index (χ4v) is 6.82. The van der Waals surface area contributed by atoms with E-state index in [1.807, 2.05) is 0 Å². The van der Waals surface area contributed by atoms with Crippen molar-refractivity contribution in [2.24, 2.45) is 0 Å². The summed E-state index contributed by atoms with van der Waals surface area (Å²) in [7, 11) is 6.63. The van der Waals surface area contributed by atoms with Gasteiger partial charge in [-0.05, 0) is 0 Å². The third kappa shape index (κ3) is 3.76. The summed E-state index contributed by atoms with van der Waals surface area (Å²) in [6.07, 6.45) is 0. The normalized spacial score (nSPS) is 12.7. The Morgan fingerprint density at radius 2 is 1.18 bits per heavy atom. The first kappa shape index (κ1) is 21.4. The molecule has 3 rings (SSSR count). The van der Waals surface area contributed by atoms with Crippen LogP contribution in [0.2, 0.25) is 0 Å². The number of hydrogen-bond acceptors (Lipinski definition) is 0. The van der Waals surface area contributed by atoms with Gasteiger partial charge in [0.15, 0.2) is 0 Å². The minimum absolute atomic E-state index is 0.489. The van der Waals surface area contributed by atoms with Crippen LogP contribution in [0.25, 0.3) is 5.69 Å². The topological polar surface area (TPSA) is 9.86 Å². The summed E-state index contributed by atoms with van der Waals surface area (Å²) >= 11 is -0.489. The molecule has 156 valence electrons. The Bertz CT molecular complexity index is 1090. The molecule has 0 fully saturated rings. The molecule has 0 radical (unpaired) electrons. The van der Waals surface area contributed by atoms with Gasteiger partial charge in [-0.3, -0.25) is 0 Å². The summed E-state index contributed by atoms with van der Waals surface area (Å²) in [6.45, 7) is 18.5. The molecule has 1 aromatic heterocycles. The van der Waals surface area contributed by atoms with Crippen molar-refractivity contribution in [2.75, 3.05) is 0 Å². The molecule has 2 nitrogen and oxygen atoms in total. The summed E-state index contributed by atoms with van der Waals surface area (Å²) in [5, 5.41) is 0. The van der Waals surface area contributed by atoms with Gasteiger partial charge in [0.2, 0.25) is 0 Å². The zero-order chi connectivity index (χ0) is 20.7. The minimum atomic E-state index is -0.489. The van der Waals surface area contributed by atoms with Crippen LogP contribution >= 0.6 is 9.19 Å². The first-order chi connectivity index (χ1) is 13.1. The zero-order valence-corrected chi connectivity index (χ0v) is 21.0. The Morgan fingerprint density at radius 3 is 1.64 bits per heavy atom. The maximum absolute atomic E-state index is 6.63. The van der Waals surface area contributed by atoms with E-state index in [-0.39, 0.29) is 0 Å². The molecule has 0 spiro atoms. The molecule has 0 aliphatic rings. The van der Waals surface area contributed by atoms with Crippen LogP contribution in [0.3, 0.4) is 0 Å². The second-order valence-corrected chi connectivity index (χ2v) is 10.3. The number of halogens is 1. The molecule has 1 heterocycles. The van der Waals surface area contributed by atoms with E-state index < -0.39 is 18.2 Å². The fraction of sp³-hybridized carbons (Fsp3) is 0.375. The van der Waals surface area contributed by atoms with Gasteiger partial charge in [0, 0.05) is 0 Å². The first-order valence-electron chi connectivity index (χ1n) is 9.61. The monoisotopic (exact) mass is 578 g/mol. The van der Waals surface area contributed by atoms with E-state index >= 15 is 0 Å². The molecule has 0 saturated carbocycles. The quantitative estimate of drug-likeness (QED) is 0.312. The number of aromatic nitrogens is 2. The van der Waals surface area contributed by atoms with Crippen LogP contribution in [0, 0.1) is 59.0 Å². The SMILES string of the molecule is Cc1cc(C)c(Cn2c(C)c(C)n(-c3c(C)cc(C)cc3C)[c]2=[Au-2][Cl])c(C)c1. The molecular weight excluding hydrogens is 549 g/mol. The van der Waals surface area contributed by atoms with E-state index in [0.717, 1.165) is 6.54 Å². The van der Waals surface area contributed by atoms with Gasteiger partial charge in [-0.1, -0.05) is 0 Å². The van der Waals surface area contributed by atoms with Crippen LogP contribution in [-0.2, 0) is 24.8 Å². The van der Waals surface area contributed by atoms with Crippen LogP contribution < -0.4 is 0 Å². The molecule has 0 aliphatic carbocycles. The van der Waals surface area contributed by atoms with Crippen LogP contribution in [-0.4, -0.2) is 9.13 Å². The summed E-state index contributed by atoms with van der Waals surface area (Å²) < 4.78 is 6.09. The van der Waals surface area contributed by atoms with Crippen molar-refractivity contribution >= 4 is 9.19 Å². The first-order valence-corrected chi connectivity index (χ1v) is 13.4. The molecule has 0 N–H and O–H groups in total. The number of hydrogen-bond donors (Lipinski definition) is 0. The molecule has 4 heteroatoms. The van der Waals surface area contributed by atoms with E-state index in [9.17, 15) is 0 Å². The van der Waals surface area contributed by atoms with Crippen molar-refractivity contribution in [3.63, 3.8) is 0 Å². The summed E-state index contributed by atoms with van der Waals surface area (Å²) in [6, 6.07) is 9.10. The molecule has 0 bridgehead atoms. The average Bonchev–Trinajstić information content (AvgIpc) is 2.81. The molecule has 28 heavy (non-hydrogen) atoms. The van der Waals surface area contributed by atoms with E-state index in [1.165, 1.54) is 59.6 Å². The van der Waals surface area contributed by atoms with Crippen molar-refractivity contribution in [1.82, 2.24) is 9.13 Å². The molecule has 2 aromatic carbocycles. The fourth-order valence-electron chi connectivity index (χ4n) is 4.36. The maximum atomic E-state index is 6.63. The Hall–Kier alpha value is -1.32. The van der Waals surface area contributed by atoms with E-state index in [4.69, 9.17) is 9.19 Å². The van der Waals surface area contributed by atoms with Crippen molar-refractivity contribution in [3.05, 3.63) is 78.2 Å². The summed E-state index contributed by atoms with van der Waals surface area (Å²) in [4.78, 5) is 0. The number of nitrogens with zero attached hydrogens (tertiary/aromatic N) is 2. The van der Waals surface area contributed by atoms with Crippen LogP contribution in [0.5, 0.6) is 0 Å². The standard InChI is InChI=1S/C24H30N2.Au.ClH/c1-15-9-17(3)23(18(4)10-15)13-25-14-26(22(8)21(25)7)24-19(5)11-16(2)12-20(24)6;;/h9-12H,13H2,1-8H3;;1H/q;-1;/p-1. The second kappa shape index (κ2) is 8.20. The third-order valence-corrected chi connectivity index (χ3v) is 7.97. The molecule has 0 unspecified atom stereocenters. The van der Waals surface area contributed by atoms with Gasteiger partial charge >= 0.3 is 182 Å². The molecule has 0 aliphatic heterocycles. The van der Waals surface area contributed by atoms with Gasteiger partial charge in [-0.25, -0.2) is 0 Å².